The van der Waals surface area contributed by atoms with Crippen LogP contribution >= 0.6 is 11.6 Å². The van der Waals surface area contributed by atoms with Gasteiger partial charge in [0.15, 0.2) is 5.78 Å². The van der Waals surface area contributed by atoms with Gasteiger partial charge in [0.1, 0.15) is 18.1 Å². The number of ketones is 1. The number of carbonyl (C=O) groups is 1. The number of carbonyl (C=O) groups excluding carboxylic acids is 1. The third kappa shape index (κ3) is 5.29. The smallest absolute Gasteiger partial charge is 0.185 e. The van der Waals surface area contributed by atoms with Crippen molar-refractivity contribution in [2.75, 3.05) is 7.11 Å². The predicted molar refractivity (Wildman–Crippen MR) is 128 cm³/mol. The Morgan fingerprint density at radius 1 is 0.969 bits per heavy atom. The van der Waals surface area contributed by atoms with Gasteiger partial charge in [-0.3, -0.25) is 4.79 Å². The second-order valence-electron chi connectivity index (χ2n) is 7.15. The highest BCUT2D eigenvalue weighted by Crippen LogP contribution is 2.24. The van der Waals surface area contributed by atoms with E-state index < -0.39 is 0 Å². The Morgan fingerprint density at radius 2 is 1.69 bits per heavy atom. The number of nitrogens with zero attached hydrogens (tertiary/aromatic N) is 1. The number of allylic oxidation sites excluding steroid dienone is 1. The second kappa shape index (κ2) is 10.0. The van der Waals surface area contributed by atoms with Gasteiger partial charge in [0.05, 0.1) is 7.11 Å². The summed E-state index contributed by atoms with van der Waals surface area (Å²) in [6.07, 6.45) is 7.31. The van der Waals surface area contributed by atoms with Crippen molar-refractivity contribution in [2.45, 2.75) is 6.61 Å². The molecule has 0 amide bonds. The lowest BCUT2D eigenvalue weighted by atomic mass is 10.1. The van der Waals surface area contributed by atoms with Crippen LogP contribution in [0.2, 0.25) is 5.02 Å². The van der Waals surface area contributed by atoms with Crippen LogP contribution in [0.4, 0.5) is 0 Å². The van der Waals surface area contributed by atoms with Gasteiger partial charge in [-0.1, -0.05) is 23.7 Å². The van der Waals surface area contributed by atoms with Crippen molar-refractivity contribution in [3.05, 3.63) is 119 Å². The Hall–Kier alpha value is -3.76. The van der Waals surface area contributed by atoms with Crippen molar-refractivity contribution < 1.29 is 14.3 Å². The highest BCUT2D eigenvalue weighted by atomic mass is 35.5. The van der Waals surface area contributed by atoms with Crippen LogP contribution in [0.15, 0.2) is 97.3 Å². The molecule has 4 nitrogen and oxygen atoms in total. The monoisotopic (exact) mass is 443 g/mol. The molecule has 0 radical (unpaired) electrons. The molecule has 1 aromatic heterocycles. The Bertz CT molecular complexity index is 1210. The molecule has 3 aromatic carbocycles. The topological polar surface area (TPSA) is 40.5 Å². The molecular weight excluding hydrogens is 422 g/mol. The maximum Gasteiger partial charge on any atom is 0.185 e. The molecule has 0 bridgehead atoms. The largest absolute Gasteiger partial charge is 0.496 e. The third-order valence-electron chi connectivity index (χ3n) is 4.99. The van der Waals surface area contributed by atoms with E-state index in [-0.39, 0.29) is 5.78 Å². The summed E-state index contributed by atoms with van der Waals surface area (Å²) in [5.41, 5.74) is 3.42. The van der Waals surface area contributed by atoms with Crippen LogP contribution in [0.3, 0.4) is 0 Å². The highest BCUT2D eigenvalue weighted by Gasteiger charge is 2.07. The lowest BCUT2D eigenvalue weighted by Crippen LogP contribution is -1.99. The summed E-state index contributed by atoms with van der Waals surface area (Å²) < 4.78 is 13.3. The lowest BCUT2D eigenvalue weighted by Gasteiger charge is -2.11. The van der Waals surface area contributed by atoms with Gasteiger partial charge >= 0.3 is 0 Å². The molecule has 4 rings (SSSR count). The van der Waals surface area contributed by atoms with Gasteiger partial charge in [-0.15, -0.1) is 0 Å². The van der Waals surface area contributed by atoms with E-state index in [1.807, 2.05) is 83.7 Å². The van der Waals surface area contributed by atoms with E-state index in [2.05, 4.69) is 0 Å². The van der Waals surface area contributed by atoms with Crippen molar-refractivity contribution in [2.24, 2.45) is 0 Å². The Morgan fingerprint density at radius 3 is 2.38 bits per heavy atom. The minimum Gasteiger partial charge on any atom is -0.496 e. The molecule has 160 valence electrons. The summed E-state index contributed by atoms with van der Waals surface area (Å²) >= 11 is 5.92. The second-order valence-corrected chi connectivity index (χ2v) is 7.59. The Balaban J connectivity index is 1.45. The summed E-state index contributed by atoms with van der Waals surface area (Å²) in [6.45, 7) is 0.335. The summed E-state index contributed by atoms with van der Waals surface area (Å²) in [5, 5.41) is 0.658. The fraction of sp³-hybridized carbons (Fsp3) is 0.0741. The van der Waals surface area contributed by atoms with Gasteiger partial charge < -0.3 is 14.0 Å². The van der Waals surface area contributed by atoms with Crippen LogP contribution in [0.1, 0.15) is 21.5 Å². The van der Waals surface area contributed by atoms with E-state index in [1.54, 1.807) is 31.4 Å². The molecule has 0 unspecified atom stereocenters. The summed E-state index contributed by atoms with van der Waals surface area (Å²) in [4.78, 5) is 12.6. The predicted octanol–water partition coefficient (Wildman–Crippen LogP) is 6.61. The van der Waals surface area contributed by atoms with E-state index in [4.69, 9.17) is 21.1 Å². The standard InChI is InChI=1S/C27H22ClNO3/c1-31-27-15-5-20(18-22(27)19-32-25-12-8-23(28)9-13-25)4-14-26(30)21-6-10-24(11-7-21)29-16-2-3-17-29/h2-18H,19H2,1H3/b14-4+. The molecule has 1 heterocycles. The third-order valence-corrected chi connectivity index (χ3v) is 5.25. The van der Waals surface area contributed by atoms with Crippen LogP contribution in [0.25, 0.3) is 11.8 Å². The lowest BCUT2D eigenvalue weighted by molar-refractivity contribution is 0.104. The maximum absolute atomic E-state index is 12.6. The first-order chi connectivity index (χ1) is 15.6. The average molecular weight is 444 g/mol. The van der Waals surface area contributed by atoms with Gasteiger partial charge in [0, 0.05) is 34.2 Å². The van der Waals surface area contributed by atoms with Crippen molar-refractivity contribution in [3.63, 3.8) is 0 Å². The van der Waals surface area contributed by atoms with Crippen molar-refractivity contribution in [1.29, 1.82) is 0 Å². The number of halogens is 1. The zero-order chi connectivity index (χ0) is 22.3. The molecule has 32 heavy (non-hydrogen) atoms. The van der Waals surface area contributed by atoms with Crippen LogP contribution in [0.5, 0.6) is 11.5 Å². The Labute approximate surface area is 192 Å². The molecule has 0 saturated heterocycles. The fourth-order valence-electron chi connectivity index (χ4n) is 3.28. The van der Waals surface area contributed by atoms with Gasteiger partial charge in [-0.05, 0) is 84.4 Å². The van der Waals surface area contributed by atoms with Gasteiger partial charge in [0.25, 0.3) is 0 Å². The molecule has 0 N–H and O–H groups in total. The zero-order valence-electron chi connectivity index (χ0n) is 17.6. The first-order valence-electron chi connectivity index (χ1n) is 10.1. The van der Waals surface area contributed by atoms with Crippen molar-refractivity contribution >= 4 is 23.5 Å². The van der Waals surface area contributed by atoms with Gasteiger partial charge in [-0.25, -0.2) is 0 Å². The number of rotatable bonds is 8. The molecule has 0 aliphatic rings. The van der Waals surface area contributed by atoms with Gasteiger partial charge in [-0.2, -0.15) is 0 Å². The van der Waals surface area contributed by atoms with Crippen LogP contribution in [-0.2, 0) is 6.61 Å². The normalized spacial score (nSPS) is 10.9. The molecule has 0 fully saturated rings. The molecular formula is C27H22ClNO3. The number of aromatic nitrogens is 1. The average Bonchev–Trinajstić information content (AvgIpc) is 3.37. The zero-order valence-corrected chi connectivity index (χ0v) is 18.3. The van der Waals surface area contributed by atoms with E-state index in [9.17, 15) is 4.79 Å². The number of hydrogen-bond acceptors (Lipinski definition) is 3. The highest BCUT2D eigenvalue weighted by molar-refractivity contribution is 6.30. The SMILES string of the molecule is COc1ccc(/C=C/C(=O)c2ccc(-n3cccc3)cc2)cc1COc1ccc(Cl)cc1. The fourth-order valence-corrected chi connectivity index (χ4v) is 3.41. The minimum absolute atomic E-state index is 0.0566. The van der Waals surface area contributed by atoms with E-state index in [1.165, 1.54) is 0 Å². The summed E-state index contributed by atoms with van der Waals surface area (Å²) in [6, 6.07) is 24.4. The number of methoxy groups -OCH3 is 1. The summed E-state index contributed by atoms with van der Waals surface area (Å²) in [7, 11) is 1.62. The molecule has 5 heteroatoms. The molecule has 0 aliphatic carbocycles. The number of ether oxygens (including phenoxy) is 2. The van der Waals surface area contributed by atoms with E-state index in [0.29, 0.717) is 17.2 Å². The van der Waals surface area contributed by atoms with Gasteiger partial charge in [0.2, 0.25) is 0 Å². The first kappa shape index (κ1) is 21.5. The minimum atomic E-state index is -0.0566. The van der Waals surface area contributed by atoms with E-state index >= 15 is 0 Å². The van der Waals surface area contributed by atoms with Crippen LogP contribution in [0, 0.1) is 0 Å². The van der Waals surface area contributed by atoms with Crippen molar-refractivity contribution in [3.8, 4) is 17.2 Å². The summed E-state index contributed by atoms with van der Waals surface area (Å²) in [5.74, 6) is 1.39. The van der Waals surface area contributed by atoms with Crippen molar-refractivity contribution in [1.82, 2.24) is 4.57 Å². The molecule has 0 saturated carbocycles. The van der Waals surface area contributed by atoms with Crippen LogP contribution < -0.4 is 9.47 Å². The molecule has 0 aliphatic heterocycles. The first-order valence-corrected chi connectivity index (χ1v) is 10.5. The Kier molecular flexibility index (Phi) is 6.73. The molecule has 0 atom stereocenters. The quantitative estimate of drug-likeness (QED) is 0.227. The molecule has 4 aromatic rings. The maximum atomic E-state index is 12.6. The molecule has 0 spiro atoms. The number of hydrogen-bond donors (Lipinski definition) is 0. The number of benzene rings is 3. The van der Waals surface area contributed by atoms with Crippen LogP contribution in [-0.4, -0.2) is 17.5 Å². The van der Waals surface area contributed by atoms with E-state index in [0.717, 1.165) is 28.3 Å².